The molecule has 1 aliphatic carbocycles. The maximum Gasteiger partial charge on any atom is 0.149 e. The molecule has 0 radical (unpaired) electrons. The number of nitrogens with zero attached hydrogens (tertiary/aromatic N) is 2. The molecule has 1 aliphatic rings. The van der Waals surface area contributed by atoms with Gasteiger partial charge in [0.25, 0.3) is 0 Å². The molecule has 0 spiro atoms. The summed E-state index contributed by atoms with van der Waals surface area (Å²) in [6.07, 6.45) is 5.44. The first kappa shape index (κ1) is 11.9. The zero-order valence-corrected chi connectivity index (χ0v) is 10.8. The van der Waals surface area contributed by atoms with Gasteiger partial charge in [-0.15, -0.1) is 0 Å². The van der Waals surface area contributed by atoms with Crippen LogP contribution in [0.3, 0.4) is 0 Å². The van der Waals surface area contributed by atoms with Gasteiger partial charge in [-0.3, -0.25) is 4.68 Å². The number of hydrogen-bond acceptors (Lipinski definition) is 3. The molecule has 0 N–H and O–H groups in total. The fraction of sp³-hybridized carbons (Fsp3) is 0.700. The zero-order chi connectivity index (χ0) is 11.8. The van der Waals surface area contributed by atoms with Crippen molar-refractivity contribution in [3.05, 3.63) is 16.4 Å². The molecule has 2 rings (SSSR count). The van der Waals surface area contributed by atoms with Crippen molar-refractivity contribution in [2.45, 2.75) is 32.2 Å². The molecule has 0 unspecified atom stereocenters. The number of aryl methyl sites for hydroxylation is 2. The highest BCUT2D eigenvalue weighted by molar-refractivity contribution is 7.90. The van der Waals surface area contributed by atoms with Crippen LogP contribution >= 0.6 is 11.6 Å². The normalized spacial score (nSPS) is 16.1. The number of aromatic nitrogens is 2. The van der Waals surface area contributed by atoms with Gasteiger partial charge in [0.2, 0.25) is 0 Å². The van der Waals surface area contributed by atoms with E-state index in [-0.39, 0.29) is 5.75 Å². The van der Waals surface area contributed by atoms with Crippen LogP contribution in [0.25, 0.3) is 0 Å². The molecule has 1 heterocycles. The molecule has 0 aromatic carbocycles. The largest absolute Gasteiger partial charge is 0.252 e. The Bertz CT molecular complexity index is 493. The molecule has 0 saturated heterocycles. The highest BCUT2D eigenvalue weighted by atomic mass is 35.5. The third-order valence-electron chi connectivity index (χ3n) is 2.83. The molecule has 0 fully saturated rings. The highest BCUT2D eigenvalue weighted by Gasteiger charge is 2.19. The molecule has 90 valence electrons. The standard InChI is InChI=1S/C10H15ClN2O2S/c1-16(14,15)7-6-13-10(11)8-4-2-3-5-9(8)12-13/h2-7H2,1H3. The minimum Gasteiger partial charge on any atom is -0.252 e. The van der Waals surface area contributed by atoms with Crippen molar-refractivity contribution in [2.24, 2.45) is 0 Å². The summed E-state index contributed by atoms with van der Waals surface area (Å²) >= 11 is 6.18. The van der Waals surface area contributed by atoms with Crippen LogP contribution < -0.4 is 0 Å². The molecular formula is C10H15ClN2O2S. The molecule has 0 atom stereocenters. The fourth-order valence-corrected chi connectivity index (χ4v) is 2.80. The SMILES string of the molecule is CS(=O)(=O)CCn1nc2c(c1Cl)CCCC2. The van der Waals surface area contributed by atoms with Crippen molar-refractivity contribution in [1.82, 2.24) is 9.78 Å². The Morgan fingerprint density at radius 2 is 2.06 bits per heavy atom. The molecule has 4 nitrogen and oxygen atoms in total. The number of sulfone groups is 1. The molecule has 16 heavy (non-hydrogen) atoms. The third-order valence-corrected chi connectivity index (χ3v) is 4.18. The Kier molecular flexibility index (Phi) is 3.26. The van der Waals surface area contributed by atoms with Crippen LogP contribution in [0.5, 0.6) is 0 Å². The summed E-state index contributed by atoms with van der Waals surface area (Å²) in [5, 5.41) is 5.00. The lowest BCUT2D eigenvalue weighted by Crippen LogP contribution is -2.12. The lowest BCUT2D eigenvalue weighted by molar-refractivity contribution is 0.583. The second-order valence-corrected chi connectivity index (χ2v) is 6.89. The quantitative estimate of drug-likeness (QED) is 0.829. The Labute approximate surface area is 101 Å². The van der Waals surface area contributed by atoms with Crippen LogP contribution in [0.15, 0.2) is 0 Å². The first-order valence-corrected chi connectivity index (χ1v) is 7.83. The minimum atomic E-state index is -2.96. The summed E-state index contributed by atoms with van der Waals surface area (Å²) in [6, 6.07) is 0. The lowest BCUT2D eigenvalue weighted by Gasteiger charge is -2.07. The molecule has 0 amide bonds. The molecular weight excluding hydrogens is 248 g/mol. The summed E-state index contributed by atoms with van der Waals surface area (Å²) in [5.41, 5.74) is 2.16. The second-order valence-electron chi connectivity index (χ2n) is 4.28. The van der Waals surface area contributed by atoms with Crippen molar-refractivity contribution in [1.29, 1.82) is 0 Å². The van der Waals surface area contributed by atoms with Crippen LogP contribution in [-0.2, 0) is 29.2 Å². The number of fused-ring (bicyclic) bond motifs is 1. The predicted molar refractivity (Wildman–Crippen MR) is 63.6 cm³/mol. The zero-order valence-electron chi connectivity index (χ0n) is 9.24. The molecule has 1 aromatic rings. The first-order valence-electron chi connectivity index (χ1n) is 5.39. The second kappa shape index (κ2) is 4.37. The Morgan fingerprint density at radius 3 is 2.69 bits per heavy atom. The van der Waals surface area contributed by atoms with Gasteiger partial charge in [0.05, 0.1) is 18.0 Å². The fourth-order valence-electron chi connectivity index (χ4n) is 1.97. The summed E-state index contributed by atoms with van der Waals surface area (Å²) in [7, 11) is -2.96. The van der Waals surface area contributed by atoms with E-state index in [0.29, 0.717) is 11.7 Å². The molecule has 1 aromatic heterocycles. The van der Waals surface area contributed by atoms with Crippen LogP contribution in [0, 0.1) is 0 Å². The van der Waals surface area contributed by atoms with Crippen LogP contribution in [0.2, 0.25) is 5.15 Å². The van der Waals surface area contributed by atoms with Crippen LogP contribution in [-0.4, -0.2) is 30.2 Å². The summed E-state index contributed by atoms with van der Waals surface area (Å²) in [6.45, 7) is 0.352. The monoisotopic (exact) mass is 262 g/mol. The van der Waals surface area contributed by atoms with Gasteiger partial charge < -0.3 is 0 Å². The number of halogens is 1. The molecule has 6 heteroatoms. The Balaban J connectivity index is 2.19. The van der Waals surface area contributed by atoms with E-state index in [9.17, 15) is 8.42 Å². The van der Waals surface area contributed by atoms with Gasteiger partial charge in [0.15, 0.2) is 0 Å². The average Bonchev–Trinajstić information content (AvgIpc) is 2.53. The van der Waals surface area contributed by atoms with Gasteiger partial charge >= 0.3 is 0 Å². The average molecular weight is 263 g/mol. The van der Waals surface area contributed by atoms with Crippen molar-refractivity contribution < 1.29 is 8.42 Å². The van der Waals surface area contributed by atoms with Gasteiger partial charge in [-0.25, -0.2) is 8.42 Å². The van der Waals surface area contributed by atoms with Crippen LogP contribution in [0.1, 0.15) is 24.1 Å². The predicted octanol–water partition coefficient (Wildman–Crippen LogP) is 1.46. The van der Waals surface area contributed by atoms with Crippen LogP contribution in [0.4, 0.5) is 0 Å². The van der Waals surface area contributed by atoms with Gasteiger partial charge in [-0.05, 0) is 25.7 Å². The molecule has 0 aliphatic heterocycles. The lowest BCUT2D eigenvalue weighted by atomic mass is 9.99. The van der Waals surface area contributed by atoms with E-state index >= 15 is 0 Å². The maximum atomic E-state index is 11.1. The summed E-state index contributed by atoms with van der Waals surface area (Å²) in [4.78, 5) is 0. The Hall–Kier alpha value is -0.550. The highest BCUT2D eigenvalue weighted by Crippen LogP contribution is 2.27. The van der Waals surface area contributed by atoms with Gasteiger partial charge in [0.1, 0.15) is 15.0 Å². The number of rotatable bonds is 3. The van der Waals surface area contributed by atoms with E-state index in [1.165, 1.54) is 6.26 Å². The first-order chi connectivity index (χ1) is 7.47. The minimum absolute atomic E-state index is 0.0906. The van der Waals surface area contributed by atoms with E-state index < -0.39 is 9.84 Å². The van der Waals surface area contributed by atoms with E-state index in [2.05, 4.69) is 5.10 Å². The van der Waals surface area contributed by atoms with Gasteiger partial charge in [0, 0.05) is 11.8 Å². The van der Waals surface area contributed by atoms with Crippen molar-refractivity contribution in [2.75, 3.05) is 12.0 Å². The Morgan fingerprint density at radius 1 is 1.38 bits per heavy atom. The van der Waals surface area contributed by atoms with Gasteiger partial charge in [-0.2, -0.15) is 5.10 Å². The maximum absolute atomic E-state index is 11.1. The molecule has 0 bridgehead atoms. The van der Waals surface area contributed by atoms with Gasteiger partial charge in [-0.1, -0.05) is 11.6 Å². The van der Waals surface area contributed by atoms with E-state index in [4.69, 9.17) is 11.6 Å². The number of hydrogen-bond donors (Lipinski definition) is 0. The summed E-state index contributed by atoms with van der Waals surface area (Å²) < 4.78 is 23.8. The molecule has 0 saturated carbocycles. The van der Waals surface area contributed by atoms with Crippen molar-refractivity contribution in [3.63, 3.8) is 0 Å². The van der Waals surface area contributed by atoms with Crippen molar-refractivity contribution in [3.8, 4) is 0 Å². The summed E-state index contributed by atoms with van der Waals surface area (Å²) in [5.74, 6) is 0.0906. The van der Waals surface area contributed by atoms with Crippen molar-refractivity contribution >= 4 is 21.4 Å². The smallest absolute Gasteiger partial charge is 0.149 e. The topological polar surface area (TPSA) is 52.0 Å². The third kappa shape index (κ3) is 2.58. The van der Waals surface area contributed by atoms with E-state index in [1.807, 2.05) is 0 Å². The van der Waals surface area contributed by atoms with E-state index in [1.54, 1.807) is 4.68 Å². The van der Waals surface area contributed by atoms with E-state index in [0.717, 1.165) is 36.9 Å².